The molecule has 2 aliphatic rings. The fourth-order valence-corrected chi connectivity index (χ4v) is 10.1. The number of ether oxygens (including phenoxy) is 2. The van der Waals surface area contributed by atoms with Gasteiger partial charge in [-0.25, -0.2) is 0 Å². The highest BCUT2D eigenvalue weighted by atomic mass is 16.5. The van der Waals surface area contributed by atoms with Crippen LogP contribution in [-0.4, -0.2) is 11.3 Å². The highest BCUT2D eigenvalue weighted by Crippen LogP contribution is 2.48. The molecule has 6 heteroatoms. The van der Waals surface area contributed by atoms with Gasteiger partial charge in [0.2, 0.25) is 0 Å². The molecule has 13 rings (SSSR count). The smallest absolute Gasteiger partial charge is 0.260 e. The molecule has 0 aliphatic carbocycles. The molecule has 0 saturated heterocycles. The van der Waals surface area contributed by atoms with Crippen LogP contribution in [0.2, 0.25) is 0 Å². The number of nitrogens with zero attached hydrogens (tertiary/aromatic N) is 3. The van der Waals surface area contributed by atoms with Crippen LogP contribution >= 0.6 is 0 Å². The van der Waals surface area contributed by atoms with Gasteiger partial charge in [-0.3, -0.25) is 0 Å². The van der Waals surface area contributed by atoms with Crippen LogP contribution in [0, 0.1) is 0 Å². The molecular formula is C58H38BN3O2. The second-order valence-corrected chi connectivity index (χ2v) is 16.5. The van der Waals surface area contributed by atoms with E-state index in [-0.39, 0.29) is 6.71 Å². The molecule has 300 valence electrons. The minimum atomic E-state index is -0.125. The Balaban J connectivity index is 1.09. The number of hydrogen-bond donors (Lipinski definition) is 0. The minimum absolute atomic E-state index is 0.125. The predicted molar refractivity (Wildman–Crippen MR) is 265 cm³/mol. The zero-order valence-electron chi connectivity index (χ0n) is 34.7. The average molecular weight is 820 g/mol. The van der Waals surface area contributed by atoms with E-state index in [9.17, 15) is 0 Å². The summed E-state index contributed by atoms with van der Waals surface area (Å²) in [5.41, 5.74) is 12.9. The van der Waals surface area contributed by atoms with Crippen LogP contribution in [0.25, 0.3) is 38.3 Å². The number of anilines is 6. The Morgan fingerprint density at radius 3 is 1.45 bits per heavy atom. The second-order valence-electron chi connectivity index (χ2n) is 16.5. The molecule has 0 fully saturated rings. The molecule has 0 amide bonds. The van der Waals surface area contributed by atoms with E-state index in [2.05, 4.69) is 245 Å². The first-order chi connectivity index (χ1) is 31.8. The quantitative estimate of drug-likeness (QED) is 0.150. The Kier molecular flexibility index (Phi) is 8.24. The van der Waals surface area contributed by atoms with Crippen molar-refractivity contribution in [1.29, 1.82) is 0 Å². The van der Waals surface area contributed by atoms with Crippen molar-refractivity contribution in [2.75, 3.05) is 9.80 Å². The van der Waals surface area contributed by atoms with E-state index < -0.39 is 0 Å². The fraction of sp³-hybridized carbons (Fsp3) is 0. The predicted octanol–water partition coefficient (Wildman–Crippen LogP) is 13.6. The Hall–Kier alpha value is -8.48. The molecular weight excluding hydrogens is 781 g/mol. The lowest BCUT2D eigenvalue weighted by molar-refractivity contribution is 0.465. The molecule has 0 unspecified atom stereocenters. The highest BCUT2D eigenvalue weighted by molar-refractivity contribution is 6.98. The van der Waals surface area contributed by atoms with Crippen molar-refractivity contribution in [3.05, 3.63) is 231 Å². The van der Waals surface area contributed by atoms with E-state index in [4.69, 9.17) is 9.47 Å². The molecule has 11 aromatic rings. The number of aromatic nitrogens is 1. The summed E-state index contributed by atoms with van der Waals surface area (Å²) in [7, 11) is 0. The lowest BCUT2D eigenvalue weighted by Gasteiger charge is -2.35. The van der Waals surface area contributed by atoms with Crippen molar-refractivity contribution in [2.24, 2.45) is 0 Å². The van der Waals surface area contributed by atoms with Gasteiger partial charge >= 0.3 is 0 Å². The lowest BCUT2D eigenvalue weighted by Crippen LogP contribution is -2.57. The topological polar surface area (TPSA) is 29.9 Å². The Morgan fingerprint density at radius 2 is 0.844 bits per heavy atom. The summed E-state index contributed by atoms with van der Waals surface area (Å²) in [4.78, 5) is 4.65. The maximum atomic E-state index is 7.24. The molecule has 64 heavy (non-hydrogen) atoms. The maximum absolute atomic E-state index is 7.24. The van der Waals surface area contributed by atoms with Crippen LogP contribution in [0.3, 0.4) is 0 Å². The number of benzene rings is 10. The van der Waals surface area contributed by atoms with Gasteiger partial charge in [0.05, 0.1) is 22.4 Å². The Bertz CT molecular complexity index is 3480. The van der Waals surface area contributed by atoms with E-state index in [0.717, 1.165) is 101 Å². The lowest BCUT2D eigenvalue weighted by atomic mass is 9.35. The molecule has 5 nitrogen and oxygen atoms in total. The van der Waals surface area contributed by atoms with Crippen LogP contribution in [0.5, 0.6) is 23.0 Å². The van der Waals surface area contributed by atoms with Crippen molar-refractivity contribution in [3.63, 3.8) is 0 Å². The van der Waals surface area contributed by atoms with Crippen molar-refractivity contribution in [2.45, 2.75) is 0 Å². The van der Waals surface area contributed by atoms with Gasteiger partial charge < -0.3 is 23.8 Å². The summed E-state index contributed by atoms with van der Waals surface area (Å²) in [6.07, 6.45) is 0. The number of fused-ring (bicyclic) bond motifs is 9. The van der Waals surface area contributed by atoms with Crippen molar-refractivity contribution < 1.29 is 9.47 Å². The number of para-hydroxylation sites is 6. The molecule has 0 atom stereocenters. The van der Waals surface area contributed by atoms with Crippen LogP contribution < -0.4 is 35.7 Å². The molecule has 3 heterocycles. The summed E-state index contributed by atoms with van der Waals surface area (Å²) in [6.45, 7) is -0.125. The first kappa shape index (κ1) is 36.2. The molecule has 10 aromatic carbocycles. The summed E-state index contributed by atoms with van der Waals surface area (Å²) in [5.74, 6) is 3.27. The molecule has 0 radical (unpaired) electrons. The summed E-state index contributed by atoms with van der Waals surface area (Å²) >= 11 is 0. The molecule has 0 saturated carbocycles. The first-order valence-electron chi connectivity index (χ1n) is 21.8. The van der Waals surface area contributed by atoms with Gasteiger partial charge in [0.1, 0.15) is 23.0 Å². The third-order valence-electron chi connectivity index (χ3n) is 12.8. The van der Waals surface area contributed by atoms with Gasteiger partial charge in [-0.15, -0.1) is 0 Å². The summed E-state index contributed by atoms with van der Waals surface area (Å²) in [5, 5.41) is 4.64. The van der Waals surface area contributed by atoms with Gasteiger partial charge in [0.25, 0.3) is 6.71 Å². The first-order valence-corrected chi connectivity index (χ1v) is 21.8. The van der Waals surface area contributed by atoms with Crippen molar-refractivity contribution in [3.8, 4) is 28.7 Å². The van der Waals surface area contributed by atoms with Gasteiger partial charge in [-0.1, -0.05) is 133 Å². The molecule has 0 spiro atoms. The van der Waals surface area contributed by atoms with Crippen LogP contribution in [-0.2, 0) is 0 Å². The standard InChI is InChI=1S/C58H38BN3O2/c1-6-20-39(21-7-1)60(40-22-8-2-9-23-40)44-34-55-58-56(35-44)64-54-36-47-50(37-49(54)59(58)48-32-18-19-33-53(48)63-55)62(43-28-14-5-15-29-43)52-38-51(45-30-16-17-31-46(45)57(47)52)61(41-24-10-3-11-25-41)42-26-12-4-13-27-42/h1-38H. The maximum Gasteiger partial charge on any atom is 0.260 e. The second kappa shape index (κ2) is 14.6. The minimum Gasteiger partial charge on any atom is -0.458 e. The van der Waals surface area contributed by atoms with E-state index in [1.54, 1.807) is 0 Å². The highest BCUT2D eigenvalue weighted by Gasteiger charge is 2.41. The van der Waals surface area contributed by atoms with Crippen molar-refractivity contribution >= 4 is 89.8 Å². The zero-order chi connectivity index (χ0) is 42.1. The SMILES string of the molecule is c1ccc(N(c2ccccc2)c2cc3c4c(c2)Oc2cc5c6c7ccccc7c(N(c7ccccc7)c7ccccc7)cc6n(-c6ccccc6)c5cc2B4c2ccccc2O3)cc1. The van der Waals surface area contributed by atoms with Gasteiger partial charge in [0.15, 0.2) is 0 Å². The third kappa shape index (κ3) is 5.66. The van der Waals surface area contributed by atoms with E-state index in [1.165, 1.54) is 10.8 Å². The monoisotopic (exact) mass is 819 g/mol. The average Bonchev–Trinajstić information content (AvgIpc) is 3.68. The van der Waals surface area contributed by atoms with Gasteiger partial charge in [-0.2, -0.15) is 0 Å². The normalized spacial score (nSPS) is 12.3. The Morgan fingerprint density at radius 1 is 0.344 bits per heavy atom. The summed E-state index contributed by atoms with van der Waals surface area (Å²) < 4.78 is 16.6. The third-order valence-corrected chi connectivity index (χ3v) is 12.8. The van der Waals surface area contributed by atoms with Gasteiger partial charge in [-0.05, 0) is 101 Å². The van der Waals surface area contributed by atoms with E-state index in [0.29, 0.717) is 0 Å². The summed E-state index contributed by atoms with van der Waals surface area (Å²) in [6, 6.07) is 81.8. The van der Waals surface area contributed by atoms with Crippen LogP contribution in [0.4, 0.5) is 34.1 Å². The van der Waals surface area contributed by atoms with Crippen LogP contribution in [0.1, 0.15) is 0 Å². The van der Waals surface area contributed by atoms with Crippen molar-refractivity contribution in [1.82, 2.24) is 4.57 Å². The largest absolute Gasteiger partial charge is 0.458 e. The zero-order valence-corrected chi connectivity index (χ0v) is 34.7. The fourth-order valence-electron chi connectivity index (χ4n) is 10.1. The molecule has 0 N–H and O–H groups in total. The molecule has 2 aliphatic heterocycles. The van der Waals surface area contributed by atoms with E-state index >= 15 is 0 Å². The Labute approximate surface area is 371 Å². The number of hydrogen-bond acceptors (Lipinski definition) is 4. The van der Waals surface area contributed by atoms with Gasteiger partial charge in [0, 0.05) is 62.2 Å². The van der Waals surface area contributed by atoms with Crippen LogP contribution in [0.15, 0.2) is 231 Å². The molecule has 1 aromatic heterocycles. The molecule has 0 bridgehead atoms. The number of rotatable bonds is 7. The van der Waals surface area contributed by atoms with E-state index in [1.807, 2.05) is 0 Å².